The summed E-state index contributed by atoms with van der Waals surface area (Å²) >= 11 is 0. The third-order valence-electron chi connectivity index (χ3n) is 2.08. The molecule has 0 heterocycles. The van der Waals surface area contributed by atoms with Crippen molar-refractivity contribution in [2.45, 2.75) is 6.42 Å². The Morgan fingerprint density at radius 3 is 2.65 bits per heavy atom. The third-order valence-corrected chi connectivity index (χ3v) is 2.08. The van der Waals surface area contributed by atoms with Crippen LogP contribution in [-0.4, -0.2) is 17.4 Å². The second-order valence-corrected chi connectivity index (χ2v) is 3.41. The van der Waals surface area contributed by atoms with Crippen molar-refractivity contribution >= 4 is 17.7 Å². The van der Waals surface area contributed by atoms with Crippen LogP contribution >= 0.6 is 0 Å². The zero-order valence-electron chi connectivity index (χ0n) is 9.13. The molecule has 90 valence electrons. The third kappa shape index (κ3) is 3.69. The molecule has 1 amide bonds. The van der Waals surface area contributed by atoms with E-state index in [2.05, 4.69) is 0 Å². The molecule has 0 radical (unpaired) electrons. The number of nitro benzene ring substituents is 1. The summed E-state index contributed by atoms with van der Waals surface area (Å²) in [5.41, 5.74) is 10.9. The highest BCUT2D eigenvalue weighted by atomic mass is 16.6. The molecule has 0 aliphatic rings. The smallest absolute Gasteiger partial charge is 0.270 e. The van der Waals surface area contributed by atoms with Crippen LogP contribution in [0.1, 0.15) is 22.3 Å². The number of hydrogen-bond donors (Lipinski definition) is 2. The van der Waals surface area contributed by atoms with E-state index in [0.717, 1.165) is 6.07 Å². The molecule has 0 aliphatic heterocycles. The van der Waals surface area contributed by atoms with E-state index in [0.29, 0.717) is 18.5 Å². The Labute approximate surface area is 98.1 Å². The quantitative estimate of drug-likeness (QED) is 0.586. The van der Waals surface area contributed by atoms with Crippen LogP contribution in [0.25, 0.3) is 6.08 Å². The topological polar surface area (TPSA) is 112 Å². The minimum atomic E-state index is -0.692. The number of nitrogens with two attached hydrogens (primary N) is 2. The fourth-order valence-electron chi connectivity index (χ4n) is 1.29. The molecule has 0 atom stereocenters. The molecule has 0 fully saturated rings. The van der Waals surface area contributed by atoms with E-state index < -0.39 is 10.8 Å². The largest absolute Gasteiger partial charge is 0.366 e. The maximum Gasteiger partial charge on any atom is 0.270 e. The normalized spacial score (nSPS) is 10.6. The molecule has 1 aromatic rings. The molecule has 0 aliphatic carbocycles. The summed E-state index contributed by atoms with van der Waals surface area (Å²) in [4.78, 5) is 21.1. The molecule has 17 heavy (non-hydrogen) atoms. The Balaban J connectivity index is 3.12. The van der Waals surface area contributed by atoms with Crippen LogP contribution in [0.5, 0.6) is 0 Å². The molecule has 0 spiro atoms. The number of benzene rings is 1. The van der Waals surface area contributed by atoms with Crippen molar-refractivity contribution in [3.8, 4) is 0 Å². The second-order valence-electron chi connectivity index (χ2n) is 3.41. The Hall–Kier alpha value is -2.21. The van der Waals surface area contributed by atoms with Crippen LogP contribution in [0.15, 0.2) is 24.3 Å². The highest BCUT2D eigenvalue weighted by molar-refractivity contribution is 5.94. The number of hydrogen-bond acceptors (Lipinski definition) is 4. The van der Waals surface area contributed by atoms with Gasteiger partial charge in [0.1, 0.15) is 0 Å². The van der Waals surface area contributed by atoms with Crippen LogP contribution < -0.4 is 11.5 Å². The molecule has 0 bridgehead atoms. The molecule has 1 rings (SSSR count). The zero-order chi connectivity index (χ0) is 12.8. The lowest BCUT2D eigenvalue weighted by molar-refractivity contribution is -0.384. The number of carbonyl (C=O) groups is 1. The van der Waals surface area contributed by atoms with E-state index in [1.165, 1.54) is 12.1 Å². The van der Waals surface area contributed by atoms with E-state index in [9.17, 15) is 14.9 Å². The van der Waals surface area contributed by atoms with E-state index in [-0.39, 0.29) is 11.3 Å². The molecule has 0 saturated heterocycles. The number of non-ortho nitro benzene ring substituents is 1. The molecular weight excluding hydrogens is 222 g/mol. The van der Waals surface area contributed by atoms with Crippen LogP contribution in [0.2, 0.25) is 0 Å². The number of amides is 1. The summed E-state index contributed by atoms with van der Waals surface area (Å²) < 4.78 is 0. The van der Waals surface area contributed by atoms with Gasteiger partial charge < -0.3 is 11.5 Å². The summed E-state index contributed by atoms with van der Waals surface area (Å²) in [5, 5.41) is 10.7. The highest BCUT2D eigenvalue weighted by Crippen LogP contribution is 2.18. The summed E-state index contributed by atoms with van der Waals surface area (Å²) in [6.45, 7) is 0.494. The number of rotatable bonds is 5. The molecule has 1 aromatic carbocycles. The van der Waals surface area contributed by atoms with Crippen molar-refractivity contribution in [2.75, 3.05) is 6.54 Å². The van der Waals surface area contributed by atoms with Gasteiger partial charge in [-0.15, -0.1) is 0 Å². The molecule has 0 aromatic heterocycles. The SMILES string of the molecule is NCCC=Cc1cc(C(N)=O)cc([N+](=O)[O-])c1. The van der Waals surface area contributed by atoms with Gasteiger partial charge in [-0.2, -0.15) is 0 Å². The predicted molar refractivity (Wildman–Crippen MR) is 64.3 cm³/mol. The number of carbonyl (C=O) groups excluding carboxylic acids is 1. The van der Waals surface area contributed by atoms with E-state index in [1.807, 2.05) is 0 Å². The first-order valence-corrected chi connectivity index (χ1v) is 5.00. The van der Waals surface area contributed by atoms with Crippen molar-refractivity contribution in [1.82, 2.24) is 0 Å². The first kappa shape index (κ1) is 12.9. The van der Waals surface area contributed by atoms with Crippen LogP contribution in [0.3, 0.4) is 0 Å². The number of nitrogens with zero attached hydrogens (tertiary/aromatic N) is 1. The fraction of sp³-hybridized carbons (Fsp3) is 0.182. The van der Waals surface area contributed by atoms with Gasteiger partial charge in [0.15, 0.2) is 0 Å². The van der Waals surface area contributed by atoms with Crippen molar-refractivity contribution in [3.63, 3.8) is 0 Å². The first-order valence-electron chi connectivity index (χ1n) is 5.00. The van der Waals surface area contributed by atoms with Crippen LogP contribution in [-0.2, 0) is 0 Å². The molecule has 0 saturated carbocycles. The second kappa shape index (κ2) is 5.76. The first-order chi connectivity index (χ1) is 8.04. The van der Waals surface area contributed by atoms with Crippen LogP contribution in [0, 0.1) is 10.1 Å². The van der Waals surface area contributed by atoms with Gasteiger partial charge in [0, 0.05) is 17.7 Å². The summed E-state index contributed by atoms with van der Waals surface area (Å²) in [5.74, 6) is -0.692. The standard InChI is InChI=1S/C11H13N3O3/c12-4-2-1-3-8-5-9(11(13)15)7-10(6-8)14(16)17/h1,3,5-7H,2,4,12H2,(H2,13,15). The minimum Gasteiger partial charge on any atom is -0.366 e. The number of primary amides is 1. The predicted octanol–water partition coefficient (Wildman–Crippen LogP) is 1.06. The van der Waals surface area contributed by atoms with Gasteiger partial charge in [0.25, 0.3) is 5.69 Å². The van der Waals surface area contributed by atoms with Crippen molar-refractivity contribution < 1.29 is 9.72 Å². The molecular formula is C11H13N3O3. The van der Waals surface area contributed by atoms with Crippen molar-refractivity contribution in [1.29, 1.82) is 0 Å². The Morgan fingerprint density at radius 1 is 1.41 bits per heavy atom. The lowest BCUT2D eigenvalue weighted by Crippen LogP contribution is -2.11. The summed E-state index contributed by atoms with van der Waals surface area (Å²) in [6, 6.07) is 4.03. The Kier molecular flexibility index (Phi) is 4.36. The van der Waals surface area contributed by atoms with Gasteiger partial charge in [0.2, 0.25) is 5.91 Å². The number of nitro groups is 1. The van der Waals surface area contributed by atoms with E-state index in [1.54, 1.807) is 12.2 Å². The van der Waals surface area contributed by atoms with Gasteiger partial charge in [-0.05, 0) is 24.6 Å². The van der Waals surface area contributed by atoms with Gasteiger partial charge in [-0.25, -0.2) is 0 Å². The summed E-state index contributed by atoms with van der Waals surface area (Å²) in [6.07, 6.45) is 4.12. The fourth-order valence-corrected chi connectivity index (χ4v) is 1.29. The maximum absolute atomic E-state index is 11.0. The Morgan fingerprint density at radius 2 is 2.12 bits per heavy atom. The lowest BCUT2D eigenvalue weighted by atomic mass is 10.1. The molecule has 0 unspecified atom stereocenters. The molecule has 6 nitrogen and oxygen atoms in total. The molecule has 4 N–H and O–H groups in total. The average molecular weight is 235 g/mol. The van der Waals surface area contributed by atoms with Crippen molar-refractivity contribution in [3.05, 3.63) is 45.5 Å². The highest BCUT2D eigenvalue weighted by Gasteiger charge is 2.11. The maximum atomic E-state index is 11.0. The molecule has 6 heteroatoms. The van der Waals surface area contributed by atoms with Gasteiger partial charge in [0.05, 0.1) is 4.92 Å². The van der Waals surface area contributed by atoms with Crippen LogP contribution in [0.4, 0.5) is 5.69 Å². The average Bonchev–Trinajstić information content (AvgIpc) is 2.29. The monoisotopic (exact) mass is 235 g/mol. The van der Waals surface area contributed by atoms with Gasteiger partial charge in [-0.1, -0.05) is 12.2 Å². The van der Waals surface area contributed by atoms with Crippen molar-refractivity contribution in [2.24, 2.45) is 11.5 Å². The van der Waals surface area contributed by atoms with Gasteiger partial charge >= 0.3 is 0 Å². The lowest BCUT2D eigenvalue weighted by Gasteiger charge is -1.99. The van der Waals surface area contributed by atoms with Gasteiger partial charge in [-0.3, -0.25) is 14.9 Å². The summed E-state index contributed by atoms with van der Waals surface area (Å²) in [7, 11) is 0. The van der Waals surface area contributed by atoms with E-state index in [4.69, 9.17) is 11.5 Å². The van der Waals surface area contributed by atoms with E-state index >= 15 is 0 Å². The Bertz CT molecular complexity index is 437. The minimum absolute atomic E-state index is 0.117. The zero-order valence-corrected chi connectivity index (χ0v) is 9.13.